The normalized spacial score (nSPS) is 18.6. The molecule has 5 nitrogen and oxygen atoms in total. The molecule has 1 aromatic heterocycles. The molecule has 1 aromatic carbocycles. The van der Waals surface area contributed by atoms with Crippen LogP contribution in [0.3, 0.4) is 0 Å². The Kier molecular flexibility index (Phi) is 3.55. The molecule has 1 aliphatic heterocycles. The van der Waals surface area contributed by atoms with E-state index in [1.807, 2.05) is 18.2 Å². The van der Waals surface area contributed by atoms with Gasteiger partial charge in [-0.15, -0.1) is 0 Å². The second kappa shape index (κ2) is 5.24. The van der Waals surface area contributed by atoms with Crippen LogP contribution in [-0.4, -0.2) is 23.4 Å². The summed E-state index contributed by atoms with van der Waals surface area (Å²) in [5, 5.41) is 4.18. The van der Waals surface area contributed by atoms with Crippen molar-refractivity contribution in [3.05, 3.63) is 47.6 Å². The lowest BCUT2D eigenvalue weighted by atomic mass is 9.84. The smallest absolute Gasteiger partial charge is 0.246 e. The van der Waals surface area contributed by atoms with Crippen molar-refractivity contribution < 1.29 is 9.26 Å². The summed E-state index contributed by atoms with van der Waals surface area (Å²) in [5.41, 5.74) is 6.67. The third-order valence-corrected chi connectivity index (χ3v) is 4.29. The molecule has 0 unspecified atom stereocenters. The lowest BCUT2D eigenvalue weighted by Crippen LogP contribution is -2.42. The molecule has 1 fully saturated rings. The van der Waals surface area contributed by atoms with Gasteiger partial charge >= 0.3 is 0 Å². The molecule has 5 heteroatoms. The first-order valence-corrected chi connectivity index (χ1v) is 7.29. The number of rotatable bonds is 3. The van der Waals surface area contributed by atoms with Crippen molar-refractivity contribution >= 4 is 0 Å². The van der Waals surface area contributed by atoms with Gasteiger partial charge in [-0.2, -0.15) is 4.98 Å². The van der Waals surface area contributed by atoms with E-state index in [9.17, 15) is 0 Å². The minimum Gasteiger partial charge on any atom is -0.381 e. The topological polar surface area (TPSA) is 74.2 Å². The molecule has 0 radical (unpaired) electrons. The van der Waals surface area contributed by atoms with Crippen LogP contribution in [0.25, 0.3) is 0 Å². The van der Waals surface area contributed by atoms with E-state index >= 15 is 0 Å². The number of hydrogen-bond acceptors (Lipinski definition) is 5. The van der Waals surface area contributed by atoms with Crippen molar-refractivity contribution in [3.8, 4) is 0 Å². The molecule has 2 heterocycles. The van der Waals surface area contributed by atoms with Crippen LogP contribution in [-0.2, 0) is 15.7 Å². The Morgan fingerprint density at radius 3 is 2.48 bits per heavy atom. The van der Waals surface area contributed by atoms with Gasteiger partial charge in [0.1, 0.15) is 5.54 Å². The van der Waals surface area contributed by atoms with Crippen molar-refractivity contribution in [2.75, 3.05) is 13.2 Å². The van der Waals surface area contributed by atoms with Crippen molar-refractivity contribution in [2.24, 2.45) is 5.73 Å². The summed E-state index contributed by atoms with van der Waals surface area (Å²) in [6.45, 7) is 5.45. The summed E-state index contributed by atoms with van der Waals surface area (Å²) in [6.07, 6.45) is 1.42. The number of aromatic nitrogens is 2. The Morgan fingerprint density at radius 1 is 1.14 bits per heavy atom. The molecule has 2 aromatic rings. The van der Waals surface area contributed by atoms with E-state index in [4.69, 9.17) is 15.0 Å². The van der Waals surface area contributed by atoms with E-state index in [2.05, 4.69) is 36.1 Å². The van der Waals surface area contributed by atoms with Gasteiger partial charge < -0.3 is 15.0 Å². The van der Waals surface area contributed by atoms with Crippen molar-refractivity contribution in [2.45, 2.75) is 37.6 Å². The highest BCUT2D eigenvalue weighted by Gasteiger charge is 2.38. The molecule has 3 rings (SSSR count). The fraction of sp³-hybridized carbons (Fsp3) is 0.500. The Hall–Kier alpha value is -1.72. The van der Waals surface area contributed by atoms with Gasteiger partial charge in [0.15, 0.2) is 5.82 Å². The Balaban J connectivity index is 1.91. The molecule has 2 N–H and O–H groups in total. The number of nitrogens with two attached hydrogens (primary N) is 1. The number of benzene rings is 1. The van der Waals surface area contributed by atoms with Gasteiger partial charge in [-0.25, -0.2) is 0 Å². The Labute approximate surface area is 124 Å². The quantitative estimate of drug-likeness (QED) is 0.938. The standard InChI is InChI=1S/C16H21N3O2/c1-15(2,12-6-4-3-5-7-12)13-18-14(21-19-13)16(17)8-10-20-11-9-16/h3-7H,8-11,17H2,1-2H3. The van der Waals surface area contributed by atoms with Crippen LogP contribution >= 0.6 is 0 Å². The lowest BCUT2D eigenvalue weighted by Gasteiger charge is -2.29. The average Bonchev–Trinajstić information content (AvgIpc) is 3.00. The molecule has 0 aliphatic carbocycles. The monoisotopic (exact) mass is 287 g/mol. The van der Waals surface area contributed by atoms with E-state index in [0.29, 0.717) is 37.8 Å². The van der Waals surface area contributed by atoms with Gasteiger partial charge in [-0.1, -0.05) is 35.5 Å². The van der Waals surface area contributed by atoms with Crippen LogP contribution in [0.4, 0.5) is 0 Å². The van der Waals surface area contributed by atoms with Crippen molar-refractivity contribution in [1.29, 1.82) is 0 Å². The molecule has 0 atom stereocenters. The van der Waals surface area contributed by atoms with E-state index in [1.54, 1.807) is 0 Å². The van der Waals surface area contributed by atoms with Crippen molar-refractivity contribution in [1.82, 2.24) is 10.1 Å². The second-order valence-corrected chi connectivity index (χ2v) is 6.18. The zero-order valence-corrected chi connectivity index (χ0v) is 12.5. The number of nitrogens with zero attached hydrogens (tertiary/aromatic N) is 2. The first-order chi connectivity index (χ1) is 10.0. The third-order valence-electron chi connectivity index (χ3n) is 4.29. The predicted octanol–water partition coefficient (Wildman–Crippen LogP) is 2.36. The fourth-order valence-electron chi connectivity index (χ4n) is 2.61. The largest absolute Gasteiger partial charge is 0.381 e. The first kappa shape index (κ1) is 14.2. The fourth-order valence-corrected chi connectivity index (χ4v) is 2.61. The maximum Gasteiger partial charge on any atom is 0.246 e. The molecule has 1 saturated heterocycles. The van der Waals surface area contributed by atoms with Gasteiger partial charge in [0.25, 0.3) is 0 Å². The maximum atomic E-state index is 6.40. The summed E-state index contributed by atoms with van der Waals surface area (Å²) in [4.78, 5) is 4.60. The summed E-state index contributed by atoms with van der Waals surface area (Å²) in [7, 11) is 0. The molecule has 112 valence electrons. The van der Waals surface area contributed by atoms with Crippen LogP contribution < -0.4 is 5.73 Å². The summed E-state index contributed by atoms with van der Waals surface area (Å²) >= 11 is 0. The number of hydrogen-bond donors (Lipinski definition) is 1. The summed E-state index contributed by atoms with van der Waals surface area (Å²) in [6, 6.07) is 10.2. The molecule has 0 bridgehead atoms. The summed E-state index contributed by atoms with van der Waals surface area (Å²) in [5.74, 6) is 1.19. The minimum absolute atomic E-state index is 0.315. The molecule has 0 spiro atoms. The molecule has 0 saturated carbocycles. The molecule has 21 heavy (non-hydrogen) atoms. The van der Waals surface area contributed by atoms with Gasteiger partial charge in [-0.3, -0.25) is 0 Å². The van der Waals surface area contributed by atoms with Crippen LogP contribution in [0.15, 0.2) is 34.9 Å². The van der Waals surface area contributed by atoms with Crippen molar-refractivity contribution in [3.63, 3.8) is 0 Å². The molecule has 1 aliphatic rings. The Bertz CT molecular complexity index is 601. The third kappa shape index (κ3) is 2.59. The SMILES string of the molecule is CC(C)(c1ccccc1)c1noc(C2(N)CCOCC2)n1. The van der Waals surface area contributed by atoms with Gasteiger partial charge in [0, 0.05) is 13.2 Å². The van der Waals surface area contributed by atoms with E-state index in [-0.39, 0.29) is 5.41 Å². The first-order valence-electron chi connectivity index (χ1n) is 7.29. The van der Waals surface area contributed by atoms with Crippen LogP contribution in [0, 0.1) is 0 Å². The zero-order chi connectivity index (χ0) is 14.9. The highest BCUT2D eigenvalue weighted by Crippen LogP contribution is 2.33. The molecular formula is C16H21N3O2. The minimum atomic E-state index is -0.559. The molecular weight excluding hydrogens is 266 g/mol. The van der Waals surface area contributed by atoms with Gasteiger partial charge in [-0.05, 0) is 32.3 Å². The lowest BCUT2D eigenvalue weighted by molar-refractivity contribution is 0.0400. The second-order valence-electron chi connectivity index (χ2n) is 6.18. The average molecular weight is 287 g/mol. The number of ether oxygens (including phenoxy) is 1. The highest BCUT2D eigenvalue weighted by molar-refractivity contribution is 5.30. The zero-order valence-electron chi connectivity index (χ0n) is 12.5. The van der Waals surface area contributed by atoms with Crippen LogP contribution in [0.2, 0.25) is 0 Å². The summed E-state index contributed by atoms with van der Waals surface area (Å²) < 4.78 is 10.8. The molecule has 0 amide bonds. The maximum absolute atomic E-state index is 6.40. The van der Waals surface area contributed by atoms with Crippen LogP contribution in [0.5, 0.6) is 0 Å². The van der Waals surface area contributed by atoms with Gasteiger partial charge in [0.2, 0.25) is 5.89 Å². The van der Waals surface area contributed by atoms with Crippen LogP contribution in [0.1, 0.15) is 44.0 Å². The highest BCUT2D eigenvalue weighted by atomic mass is 16.5. The van der Waals surface area contributed by atoms with E-state index < -0.39 is 5.54 Å². The van der Waals surface area contributed by atoms with E-state index in [1.165, 1.54) is 0 Å². The van der Waals surface area contributed by atoms with E-state index in [0.717, 1.165) is 5.56 Å². The Morgan fingerprint density at radius 2 is 1.81 bits per heavy atom. The predicted molar refractivity (Wildman–Crippen MR) is 78.8 cm³/mol. The van der Waals surface area contributed by atoms with Gasteiger partial charge in [0.05, 0.1) is 5.41 Å².